The van der Waals surface area contributed by atoms with E-state index in [1.54, 1.807) is 39.0 Å². The zero-order valence-corrected chi connectivity index (χ0v) is 12.7. The molecule has 0 bridgehead atoms. The van der Waals surface area contributed by atoms with Gasteiger partial charge in [-0.15, -0.1) is 0 Å². The van der Waals surface area contributed by atoms with Crippen molar-refractivity contribution in [1.29, 1.82) is 0 Å². The van der Waals surface area contributed by atoms with Crippen LogP contribution >= 0.6 is 0 Å². The van der Waals surface area contributed by atoms with Crippen molar-refractivity contribution in [3.63, 3.8) is 0 Å². The second kappa shape index (κ2) is 8.04. The molecule has 21 heavy (non-hydrogen) atoms. The van der Waals surface area contributed by atoms with E-state index in [9.17, 15) is 14.4 Å². The highest BCUT2D eigenvalue weighted by Gasteiger charge is 2.29. The molecule has 0 aromatic heterocycles. The first kappa shape index (κ1) is 16.7. The molecular weight excluding hydrogens is 270 g/mol. The van der Waals surface area contributed by atoms with Gasteiger partial charge < -0.3 is 14.7 Å². The summed E-state index contributed by atoms with van der Waals surface area (Å²) in [6.07, 6.45) is 9.15. The van der Waals surface area contributed by atoms with Crippen LogP contribution in [0.1, 0.15) is 20.8 Å². The molecule has 0 aliphatic carbocycles. The third-order valence-electron chi connectivity index (χ3n) is 2.89. The number of hydrogen-bond donors (Lipinski definition) is 0. The van der Waals surface area contributed by atoms with Crippen molar-refractivity contribution >= 4 is 17.7 Å². The number of hydrogen-bond acceptors (Lipinski definition) is 3. The third-order valence-corrected chi connectivity index (χ3v) is 2.89. The first-order chi connectivity index (χ1) is 10.0. The Morgan fingerprint density at radius 2 is 0.857 bits per heavy atom. The Balaban J connectivity index is 2.94. The number of carbonyl (C=O) groups excluding carboxylic acids is 3. The van der Waals surface area contributed by atoms with E-state index in [-0.39, 0.29) is 37.7 Å². The summed E-state index contributed by atoms with van der Waals surface area (Å²) in [6.45, 7) is 5.75. The van der Waals surface area contributed by atoms with Gasteiger partial charge in [-0.05, 0) is 39.0 Å². The van der Waals surface area contributed by atoms with Crippen molar-refractivity contribution < 1.29 is 14.4 Å². The van der Waals surface area contributed by atoms with E-state index >= 15 is 0 Å². The molecule has 1 heterocycles. The van der Waals surface area contributed by atoms with Crippen molar-refractivity contribution in [3.8, 4) is 0 Å². The average molecular weight is 291 g/mol. The van der Waals surface area contributed by atoms with Crippen LogP contribution in [0.4, 0.5) is 0 Å². The number of nitrogens with zero attached hydrogens (tertiary/aromatic N) is 3. The van der Waals surface area contributed by atoms with Crippen LogP contribution in [0, 0.1) is 0 Å². The number of rotatable bonds is 3. The zero-order valence-electron chi connectivity index (χ0n) is 12.7. The predicted molar refractivity (Wildman–Crippen MR) is 79.6 cm³/mol. The van der Waals surface area contributed by atoms with Crippen LogP contribution in [-0.2, 0) is 14.4 Å². The minimum absolute atomic E-state index is 0.173. The Morgan fingerprint density at radius 3 is 1.05 bits per heavy atom. The molecule has 0 aromatic carbocycles. The molecule has 0 radical (unpaired) electrons. The molecule has 0 N–H and O–H groups in total. The Labute approximate surface area is 125 Å². The van der Waals surface area contributed by atoms with Crippen molar-refractivity contribution in [2.75, 3.05) is 20.0 Å². The quantitative estimate of drug-likeness (QED) is 0.731. The third kappa shape index (κ3) is 4.59. The van der Waals surface area contributed by atoms with Gasteiger partial charge in [0, 0.05) is 0 Å². The fraction of sp³-hybridized carbons (Fsp3) is 0.400. The molecule has 1 aliphatic rings. The topological polar surface area (TPSA) is 60.9 Å². The summed E-state index contributed by atoms with van der Waals surface area (Å²) in [6, 6.07) is 0. The largest absolute Gasteiger partial charge is 0.303 e. The highest BCUT2D eigenvalue weighted by molar-refractivity contribution is 5.92. The molecule has 3 amide bonds. The SMILES string of the molecule is CC=CC(=O)N1CN(C(=O)C=CC)CN(C(=O)C=CC)C1. The van der Waals surface area contributed by atoms with Gasteiger partial charge in [-0.2, -0.15) is 0 Å². The lowest BCUT2D eigenvalue weighted by atomic mass is 10.3. The van der Waals surface area contributed by atoms with E-state index in [1.165, 1.54) is 32.9 Å². The summed E-state index contributed by atoms with van der Waals surface area (Å²) in [4.78, 5) is 40.3. The molecule has 114 valence electrons. The monoisotopic (exact) mass is 291 g/mol. The normalized spacial score (nSPS) is 16.4. The molecule has 1 rings (SSSR count). The zero-order chi connectivity index (χ0) is 15.8. The van der Waals surface area contributed by atoms with Crippen LogP contribution in [0.15, 0.2) is 36.5 Å². The maximum absolute atomic E-state index is 12.0. The van der Waals surface area contributed by atoms with Crippen LogP contribution in [0.5, 0.6) is 0 Å². The van der Waals surface area contributed by atoms with E-state index in [4.69, 9.17) is 0 Å². The van der Waals surface area contributed by atoms with Gasteiger partial charge in [0.25, 0.3) is 0 Å². The van der Waals surface area contributed by atoms with Crippen LogP contribution < -0.4 is 0 Å². The van der Waals surface area contributed by atoms with Crippen LogP contribution in [0.25, 0.3) is 0 Å². The molecular formula is C15H21N3O3. The minimum Gasteiger partial charge on any atom is -0.303 e. The van der Waals surface area contributed by atoms with Gasteiger partial charge in [-0.1, -0.05) is 18.2 Å². The van der Waals surface area contributed by atoms with E-state index in [0.717, 1.165) is 0 Å². The molecule has 0 saturated carbocycles. The summed E-state index contributed by atoms with van der Waals surface area (Å²) < 4.78 is 0. The van der Waals surface area contributed by atoms with Gasteiger partial charge in [-0.3, -0.25) is 14.4 Å². The van der Waals surface area contributed by atoms with E-state index in [0.29, 0.717) is 0 Å². The minimum atomic E-state index is -0.228. The first-order valence-corrected chi connectivity index (χ1v) is 6.78. The lowest BCUT2D eigenvalue weighted by Crippen LogP contribution is -2.58. The van der Waals surface area contributed by atoms with Crippen molar-refractivity contribution in [3.05, 3.63) is 36.5 Å². The molecule has 0 aromatic rings. The van der Waals surface area contributed by atoms with Gasteiger partial charge in [0.1, 0.15) is 0 Å². The molecule has 0 atom stereocenters. The lowest BCUT2D eigenvalue weighted by molar-refractivity contribution is -0.152. The summed E-state index contributed by atoms with van der Waals surface area (Å²) in [5.74, 6) is -0.684. The van der Waals surface area contributed by atoms with E-state index in [2.05, 4.69) is 0 Å². The molecule has 6 nitrogen and oxygen atoms in total. The second-order valence-corrected chi connectivity index (χ2v) is 4.56. The van der Waals surface area contributed by atoms with Gasteiger partial charge in [0.05, 0.1) is 20.0 Å². The summed E-state index contributed by atoms with van der Waals surface area (Å²) >= 11 is 0. The second-order valence-electron chi connectivity index (χ2n) is 4.56. The lowest BCUT2D eigenvalue weighted by Gasteiger charge is -2.41. The number of amides is 3. The molecule has 0 spiro atoms. The van der Waals surface area contributed by atoms with Gasteiger partial charge in [0.2, 0.25) is 17.7 Å². The number of allylic oxidation sites excluding steroid dienone is 3. The smallest absolute Gasteiger partial charge is 0.249 e. The maximum Gasteiger partial charge on any atom is 0.249 e. The highest BCUT2D eigenvalue weighted by atomic mass is 16.2. The van der Waals surface area contributed by atoms with Crippen LogP contribution in [-0.4, -0.2) is 52.4 Å². The standard InChI is InChI=1S/C15H21N3O3/c1-4-7-13(19)16-10-17(14(20)8-5-2)12-18(11-16)15(21)9-6-3/h4-9H,10-12H2,1-3H3. The summed E-state index contributed by atoms with van der Waals surface area (Å²) in [5.41, 5.74) is 0. The fourth-order valence-electron chi connectivity index (χ4n) is 1.91. The average Bonchev–Trinajstić information content (AvgIpc) is 2.47. The van der Waals surface area contributed by atoms with Crippen molar-refractivity contribution in [2.45, 2.75) is 20.8 Å². The molecule has 1 aliphatic heterocycles. The summed E-state index contributed by atoms with van der Waals surface area (Å²) in [5, 5.41) is 0. The molecule has 6 heteroatoms. The van der Waals surface area contributed by atoms with E-state index in [1.807, 2.05) is 0 Å². The predicted octanol–water partition coefficient (Wildman–Crippen LogP) is 1.09. The van der Waals surface area contributed by atoms with Gasteiger partial charge in [-0.25, -0.2) is 0 Å². The van der Waals surface area contributed by atoms with Crippen LogP contribution in [0.3, 0.4) is 0 Å². The molecule has 0 unspecified atom stereocenters. The van der Waals surface area contributed by atoms with E-state index < -0.39 is 0 Å². The Kier molecular flexibility index (Phi) is 6.39. The van der Waals surface area contributed by atoms with Gasteiger partial charge in [0.15, 0.2) is 0 Å². The maximum atomic E-state index is 12.0. The fourth-order valence-corrected chi connectivity index (χ4v) is 1.91. The summed E-state index contributed by atoms with van der Waals surface area (Å²) in [7, 11) is 0. The Bertz CT molecular complexity index is 417. The van der Waals surface area contributed by atoms with Crippen molar-refractivity contribution in [2.24, 2.45) is 0 Å². The molecule has 1 saturated heterocycles. The molecule has 1 fully saturated rings. The Morgan fingerprint density at radius 1 is 0.619 bits per heavy atom. The van der Waals surface area contributed by atoms with Gasteiger partial charge >= 0.3 is 0 Å². The van der Waals surface area contributed by atoms with Crippen LogP contribution in [0.2, 0.25) is 0 Å². The number of carbonyl (C=O) groups is 3. The Hall–Kier alpha value is -2.37. The highest BCUT2D eigenvalue weighted by Crippen LogP contribution is 2.10. The van der Waals surface area contributed by atoms with Crippen molar-refractivity contribution in [1.82, 2.24) is 14.7 Å². The first-order valence-electron chi connectivity index (χ1n) is 6.78.